The lowest BCUT2D eigenvalue weighted by Gasteiger charge is -2.10. The van der Waals surface area contributed by atoms with Gasteiger partial charge in [-0.15, -0.1) is 0 Å². The van der Waals surface area contributed by atoms with E-state index < -0.39 is 22.8 Å². The molecule has 2 atom stereocenters. The highest BCUT2D eigenvalue weighted by atomic mass is 32.2. The summed E-state index contributed by atoms with van der Waals surface area (Å²) in [6.07, 6.45) is 2.98. The molecule has 0 saturated carbocycles. The van der Waals surface area contributed by atoms with Gasteiger partial charge >= 0.3 is 5.97 Å². The molecule has 0 spiro atoms. The Morgan fingerprint density at radius 2 is 2.23 bits per heavy atom. The van der Waals surface area contributed by atoms with Crippen molar-refractivity contribution in [2.75, 3.05) is 18.6 Å². The first-order chi connectivity index (χ1) is 6.07. The van der Waals surface area contributed by atoms with Crippen molar-refractivity contribution >= 4 is 16.8 Å². The molecule has 78 valence electrons. The van der Waals surface area contributed by atoms with Gasteiger partial charge in [0.15, 0.2) is 0 Å². The average Bonchev–Trinajstić information content (AvgIpc) is 2.03. The highest BCUT2D eigenvalue weighted by molar-refractivity contribution is 7.84. The minimum absolute atomic E-state index is 0.467. The molecule has 2 N–H and O–H groups in total. The van der Waals surface area contributed by atoms with Crippen LogP contribution in [0.15, 0.2) is 0 Å². The first kappa shape index (κ1) is 12.6. The molecule has 0 fully saturated rings. The lowest BCUT2D eigenvalue weighted by atomic mass is 10.2. The van der Waals surface area contributed by atoms with Crippen molar-refractivity contribution in [1.82, 2.24) is 5.32 Å². The SMILES string of the molecule is CCC(NCCCS(C)=O)C(=O)O. The summed E-state index contributed by atoms with van der Waals surface area (Å²) in [6, 6.07) is -0.467. The zero-order valence-corrected chi connectivity index (χ0v) is 8.89. The van der Waals surface area contributed by atoms with Crippen LogP contribution in [0.1, 0.15) is 19.8 Å². The zero-order chi connectivity index (χ0) is 10.3. The van der Waals surface area contributed by atoms with Gasteiger partial charge < -0.3 is 10.4 Å². The second kappa shape index (κ2) is 7.03. The minimum atomic E-state index is -0.819. The fraction of sp³-hybridized carbons (Fsp3) is 0.875. The Morgan fingerprint density at radius 3 is 2.62 bits per heavy atom. The van der Waals surface area contributed by atoms with Crippen molar-refractivity contribution < 1.29 is 14.1 Å². The summed E-state index contributed by atoms with van der Waals surface area (Å²) < 4.78 is 10.7. The molecular weight excluding hydrogens is 190 g/mol. The van der Waals surface area contributed by atoms with Crippen molar-refractivity contribution in [3.05, 3.63) is 0 Å². The molecule has 0 aromatic rings. The number of nitrogens with one attached hydrogen (secondary N) is 1. The smallest absolute Gasteiger partial charge is 0.320 e. The third-order valence-corrected chi connectivity index (χ3v) is 2.57. The van der Waals surface area contributed by atoms with Crippen LogP contribution in [0.5, 0.6) is 0 Å². The molecule has 5 heteroatoms. The van der Waals surface area contributed by atoms with Crippen LogP contribution in [0, 0.1) is 0 Å². The van der Waals surface area contributed by atoms with E-state index in [0.717, 1.165) is 6.42 Å². The molecule has 0 aromatic heterocycles. The Bertz CT molecular complexity index is 184. The summed E-state index contributed by atoms with van der Waals surface area (Å²) in [5, 5.41) is 11.5. The Morgan fingerprint density at radius 1 is 1.62 bits per heavy atom. The van der Waals surface area contributed by atoms with E-state index in [2.05, 4.69) is 5.32 Å². The van der Waals surface area contributed by atoms with E-state index >= 15 is 0 Å². The summed E-state index contributed by atoms with van der Waals surface area (Å²) in [4.78, 5) is 10.5. The highest BCUT2D eigenvalue weighted by Crippen LogP contribution is 1.91. The van der Waals surface area contributed by atoms with Gasteiger partial charge in [0, 0.05) is 22.8 Å². The van der Waals surface area contributed by atoms with Gasteiger partial charge in [-0.05, 0) is 19.4 Å². The number of hydrogen-bond donors (Lipinski definition) is 2. The molecule has 0 aromatic carbocycles. The Balaban J connectivity index is 3.50. The lowest BCUT2D eigenvalue weighted by Crippen LogP contribution is -2.36. The van der Waals surface area contributed by atoms with E-state index in [1.807, 2.05) is 6.92 Å². The summed E-state index contributed by atoms with van der Waals surface area (Å²) in [7, 11) is -0.780. The van der Waals surface area contributed by atoms with E-state index in [0.29, 0.717) is 18.7 Å². The van der Waals surface area contributed by atoms with Crippen molar-refractivity contribution in [2.24, 2.45) is 0 Å². The largest absolute Gasteiger partial charge is 0.480 e. The summed E-state index contributed by atoms with van der Waals surface area (Å²) in [5.74, 6) is -0.191. The number of carboxylic acid groups (broad SMARTS) is 1. The summed E-state index contributed by atoms with van der Waals surface area (Å²) >= 11 is 0. The molecule has 0 aliphatic heterocycles. The van der Waals surface area contributed by atoms with Crippen LogP contribution in [0.4, 0.5) is 0 Å². The summed E-state index contributed by atoms with van der Waals surface area (Å²) in [5.41, 5.74) is 0. The molecule has 2 unspecified atom stereocenters. The van der Waals surface area contributed by atoms with Gasteiger partial charge in [-0.2, -0.15) is 0 Å². The van der Waals surface area contributed by atoms with Gasteiger partial charge in [-0.25, -0.2) is 0 Å². The normalized spacial score (nSPS) is 15.2. The molecule has 0 radical (unpaired) electrons. The van der Waals surface area contributed by atoms with E-state index in [4.69, 9.17) is 5.11 Å². The predicted molar refractivity (Wildman–Crippen MR) is 53.3 cm³/mol. The summed E-state index contributed by atoms with van der Waals surface area (Å²) in [6.45, 7) is 2.44. The van der Waals surface area contributed by atoms with Gasteiger partial charge in [-0.1, -0.05) is 6.92 Å². The number of hydrogen-bond acceptors (Lipinski definition) is 3. The van der Waals surface area contributed by atoms with Crippen LogP contribution in [-0.4, -0.2) is 39.9 Å². The second-order valence-electron chi connectivity index (χ2n) is 2.88. The van der Waals surface area contributed by atoms with Crippen LogP contribution in [0.3, 0.4) is 0 Å². The predicted octanol–water partition coefficient (Wildman–Crippen LogP) is 0.208. The molecule has 4 nitrogen and oxygen atoms in total. The van der Waals surface area contributed by atoms with Gasteiger partial charge in [-0.3, -0.25) is 9.00 Å². The first-order valence-electron chi connectivity index (χ1n) is 4.34. The molecule has 0 amide bonds. The number of aliphatic carboxylic acids is 1. The fourth-order valence-electron chi connectivity index (χ4n) is 0.958. The third-order valence-electron chi connectivity index (χ3n) is 1.71. The first-order valence-corrected chi connectivity index (χ1v) is 6.06. The molecular formula is C8H17NO3S. The van der Waals surface area contributed by atoms with Crippen molar-refractivity contribution in [2.45, 2.75) is 25.8 Å². The molecule has 0 rings (SSSR count). The van der Waals surface area contributed by atoms with Crippen LogP contribution >= 0.6 is 0 Å². The monoisotopic (exact) mass is 207 g/mol. The van der Waals surface area contributed by atoms with Crippen molar-refractivity contribution in [3.8, 4) is 0 Å². The highest BCUT2D eigenvalue weighted by Gasteiger charge is 2.12. The standard InChI is InChI=1S/C8H17NO3S/c1-3-7(8(10)11)9-5-4-6-13(2)12/h7,9H,3-6H2,1-2H3,(H,10,11). The third kappa shape index (κ3) is 6.72. The molecule has 0 aliphatic rings. The van der Waals surface area contributed by atoms with Gasteiger partial charge in [0.2, 0.25) is 0 Å². The molecule has 0 aliphatic carbocycles. The number of rotatable bonds is 7. The quantitative estimate of drug-likeness (QED) is 0.586. The van der Waals surface area contributed by atoms with Gasteiger partial charge in [0.1, 0.15) is 6.04 Å². The maximum atomic E-state index is 10.7. The molecule has 0 bridgehead atoms. The lowest BCUT2D eigenvalue weighted by molar-refractivity contribution is -0.139. The average molecular weight is 207 g/mol. The number of carbonyl (C=O) groups is 1. The molecule has 0 heterocycles. The zero-order valence-electron chi connectivity index (χ0n) is 8.08. The number of carboxylic acids is 1. The van der Waals surface area contributed by atoms with E-state index in [1.54, 1.807) is 6.26 Å². The topological polar surface area (TPSA) is 66.4 Å². The maximum Gasteiger partial charge on any atom is 0.320 e. The molecule has 0 saturated heterocycles. The van der Waals surface area contributed by atoms with Crippen LogP contribution in [-0.2, 0) is 15.6 Å². The van der Waals surface area contributed by atoms with Crippen LogP contribution < -0.4 is 5.32 Å². The Labute approximate surface area is 81.2 Å². The van der Waals surface area contributed by atoms with Crippen LogP contribution in [0.2, 0.25) is 0 Å². The minimum Gasteiger partial charge on any atom is -0.480 e. The van der Waals surface area contributed by atoms with Crippen molar-refractivity contribution in [3.63, 3.8) is 0 Å². The second-order valence-corrected chi connectivity index (χ2v) is 4.44. The Kier molecular flexibility index (Phi) is 6.80. The van der Waals surface area contributed by atoms with Gasteiger partial charge in [0.05, 0.1) is 0 Å². The van der Waals surface area contributed by atoms with Gasteiger partial charge in [0.25, 0.3) is 0 Å². The fourth-order valence-corrected chi connectivity index (χ4v) is 1.51. The van der Waals surface area contributed by atoms with E-state index in [1.165, 1.54) is 0 Å². The Hall–Kier alpha value is -0.420. The van der Waals surface area contributed by atoms with Crippen molar-refractivity contribution in [1.29, 1.82) is 0 Å². The maximum absolute atomic E-state index is 10.7. The van der Waals surface area contributed by atoms with E-state index in [-0.39, 0.29) is 0 Å². The molecule has 13 heavy (non-hydrogen) atoms. The van der Waals surface area contributed by atoms with Crippen LogP contribution in [0.25, 0.3) is 0 Å². The van der Waals surface area contributed by atoms with E-state index in [9.17, 15) is 9.00 Å².